The summed E-state index contributed by atoms with van der Waals surface area (Å²) < 4.78 is 19.4. The Kier molecular flexibility index (Phi) is 4.62. The Bertz CT molecular complexity index is 865. The number of benzene rings is 2. The van der Waals surface area contributed by atoms with Crippen LogP contribution in [0.15, 0.2) is 53.9 Å². The zero-order valence-electron chi connectivity index (χ0n) is 14.3. The molecule has 0 unspecified atom stereocenters. The zero-order chi connectivity index (χ0) is 18.0. The van der Waals surface area contributed by atoms with Crippen LogP contribution in [-0.4, -0.2) is 13.1 Å². The lowest BCUT2D eigenvalue weighted by atomic mass is 9.83. The van der Waals surface area contributed by atoms with E-state index < -0.39 is 5.92 Å². The molecule has 1 aliphatic rings. The van der Waals surface area contributed by atoms with Gasteiger partial charge in [-0.1, -0.05) is 18.2 Å². The number of nitrogens with zero attached hydrogens (tertiary/aromatic N) is 2. The molecule has 1 atom stereocenters. The Morgan fingerprint density at radius 3 is 2.60 bits per heavy atom. The fraction of sp³-hybridized carbons (Fsp3) is 0.250. The monoisotopic (exact) mass is 337 g/mol. The van der Waals surface area contributed by atoms with Crippen molar-refractivity contribution >= 4 is 5.69 Å². The number of allylic oxidation sites excluding steroid dienone is 1. The largest absolute Gasteiger partial charge is 0.440 e. The van der Waals surface area contributed by atoms with Gasteiger partial charge in [0.1, 0.15) is 23.2 Å². The number of rotatable bonds is 4. The van der Waals surface area contributed by atoms with Gasteiger partial charge in [-0.05, 0) is 37.6 Å². The molecule has 1 aliphatic heterocycles. The lowest BCUT2D eigenvalue weighted by molar-refractivity contribution is 0.393. The van der Waals surface area contributed by atoms with E-state index in [-0.39, 0.29) is 11.7 Å². The lowest BCUT2D eigenvalue weighted by Gasteiger charge is -2.29. The van der Waals surface area contributed by atoms with Crippen molar-refractivity contribution < 1.29 is 9.13 Å². The van der Waals surface area contributed by atoms with Gasteiger partial charge in [-0.3, -0.25) is 0 Å². The average molecular weight is 337 g/mol. The minimum Gasteiger partial charge on any atom is -0.440 e. The molecule has 25 heavy (non-hydrogen) atoms. The maximum absolute atomic E-state index is 13.7. The van der Waals surface area contributed by atoms with Crippen LogP contribution >= 0.6 is 0 Å². The van der Waals surface area contributed by atoms with Gasteiger partial charge in [0.05, 0.1) is 5.92 Å². The van der Waals surface area contributed by atoms with Gasteiger partial charge in [0.25, 0.3) is 0 Å². The number of ether oxygens (including phenoxy) is 1. The second-order valence-corrected chi connectivity index (χ2v) is 5.87. The molecule has 0 amide bonds. The Hall–Kier alpha value is -3.00. The van der Waals surface area contributed by atoms with E-state index in [1.807, 2.05) is 18.2 Å². The molecule has 0 bridgehead atoms. The molecule has 2 aromatic rings. The number of nitriles is 1. The van der Waals surface area contributed by atoms with E-state index in [0.717, 1.165) is 24.3 Å². The highest BCUT2D eigenvalue weighted by Gasteiger charge is 2.31. The molecule has 0 radical (unpaired) electrons. The van der Waals surface area contributed by atoms with Gasteiger partial charge in [0.2, 0.25) is 5.88 Å². The summed E-state index contributed by atoms with van der Waals surface area (Å²) in [6.45, 7) is 5.91. The number of hydrogen-bond donors (Lipinski definition) is 1. The molecule has 0 saturated heterocycles. The van der Waals surface area contributed by atoms with E-state index in [2.05, 4.69) is 24.8 Å². The average Bonchev–Trinajstić information content (AvgIpc) is 2.61. The highest BCUT2D eigenvalue weighted by Crippen LogP contribution is 2.43. The van der Waals surface area contributed by atoms with Crippen LogP contribution in [0.1, 0.15) is 30.9 Å². The van der Waals surface area contributed by atoms with Crippen LogP contribution in [0.25, 0.3) is 0 Å². The third-order valence-electron chi connectivity index (χ3n) is 4.51. The van der Waals surface area contributed by atoms with E-state index in [1.54, 1.807) is 12.1 Å². The fourth-order valence-electron chi connectivity index (χ4n) is 3.26. The van der Waals surface area contributed by atoms with Crippen molar-refractivity contribution in [1.82, 2.24) is 0 Å². The minimum absolute atomic E-state index is 0.0703. The van der Waals surface area contributed by atoms with Gasteiger partial charge in [-0.25, -0.2) is 4.39 Å². The first-order chi connectivity index (χ1) is 12.1. The molecule has 0 saturated carbocycles. The molecule has 0 aromatic heterocycles. The SMILES string of the molecule is CCN(CC)c1ccc2c(c1)OC(N)=C(C#N)[C@H]2c1cccc(F)c1. The summed E-state index contributed by atoms with van der Waals surface area (Å²) >= 11 is 0. The molecule has 5 heteroatoms. The first kappa shape index (κ1) is 16.8. The van der Waals surface area contributed by atoms with Gasteiger partial charge < -0.3 is 15.4 Å². The summed E-state index contributed by atoms with van der Waals surface area (Å²) in [5.41, 5.74) is 8.80. The smallest absolute Gasteiger partial charge is 0.205 e. The van der Waals surface area contributed by atoms with Crippen LogP contribution in [0.3, 0.4) is 0 Å². The van der Waals surface area contributed by atoms with E-state index in [0.29, 0.717) is 16.9 Å². The summed E-state index contributed by atoms with van der Waals surface area (Å²) in [5.74, 6) is -0.104. The Balaban J connectivity index is 2.14. The second kappa shape index (κ2) is 6.86. The lowest BCUT2D eigenvalue weighted by Crippen LogP contribution is -2.24. The molecule has 4 nitrogen and oxygen atoms in total. The van der Waals surface area contributed by atoms with Crippen molar-refractivity contribution in [1.29, 1.82) is 5.26 Å². The maximum Gasteiger partial charge on any atom is 0.205 e. The third kappa shape index (κ3) is 3.03. The maximum atomic E-state index is 13.7. The molecular weight excluding hydrogens is 317 g/mol. The number of nitrogens with two attached hydrogens (primary N) is 1. The molecule has 2 aromatic carbocycles. The van der Waals surface area contributed by atoms with E-state index >= 15 is 0 Å². The summed E-state index contributed by atoms with van der Waals surface area (Å²) in [4.78, 5) is 2.19. The quantitative estimate of drug-likeness (QED) is 0.919. The van der Waals surface area contributed by atoms with Crippen LogP contribution in [-0.2, 0) is 0 Å². The third-order valence-corrected chi connectivity index (χ3v) is 4.51. The van der Waals surface area contributed by atoms with E-state index in [9.17, 15) is 9.65 Å². The summed E-state index contributed by atoms with van der Waals surface area (Å²) in [5, 5.41) is 9.54. The molecule has 0 aliphatic carbocycles. The van der Waals surface area contributed by atoms with Crippen LogP contribution in [0.5, 0.6) is 5.75 Å². The molecule has 3 rings (SSSR count). The summed E-state index contributed by atoms with van der Waals surface area (Å²) in [7, 11) is 0. The molecule has 1 heterocycles. The Morgan fingerprint density at radius 1 is 1.20 bits per heavy atom. The number of anilines is 1. The first-order valence-electron chi connectivity index (χ1n) is 8.31. The van der Waals surface area contributed by atoms with Gasteiger partial charge in [-0.2, -0.15) is 5.26 Å². The van der Waals surface area contributed by atoms with Crippen molar-refractivity contribution in [3.63, 3.8) is 0 Å². The zero-order valence-corrected chi connectivity index (χ0v) is 14.3. The van der Waals surface area contributed by atoms with Crippen LogP contribution in [0, 0.1) is 17.1 Å². The van der Waals surface area contributed by atoms with Crippen molar-refractivity contribution in [2.24, 2.45) is 5.73 Å². The van der Waals surface area contributed by atoms with Crippen LogP contribution < -0.4 is 15.4 Å². The van der Waals surface area contributed by atoms with Crippen LogP contribution in [0.2, 0.25) is 0 Å². The number of fused-ring (bicyclic) bond motifs is 1. The molecular formula is C20H20FN3O. The van der Waals surface area contributed by atoms with Crippen molar-refractivity contribution in [2.75, 3.05) is 18.0 Å². The van der Waals surface area contributed by atoms with Crippen molar-refractivity contribution in [3.05, 3.63) is 70.9 Å². The second-order valence-electron chi connectivity index (χ2n) is 5.87. The predicted octanol–water partition coefficient (Wildman–Crippen LogP) is 3.89. The highest BCUT2D eigenvalue weighted by atomic mass is 19.1. The molecule has 0 fully saturated rings. The predicted molar refractivity (Wildman–Crippen MR) is 95.7 cm³/mol. The number of halogens is 1. The highest BCUT2D eigenvalue weighted by molar-refractivity contribution is 5.61. The normalized spacial score (nSPS) is 16.0. The molecule has 2 N–H and O–H groups in total. The van der Waals surface area contributed by atoms with Gasteiger partial charge in [-0.15, -0.1) is 0 Å². The van der Waals surface area contributed by atoms with Gasteiger partial charge in [0, 0.05) is 30.4 Å². The minimum atomic E-state index is -0.435. The fourth-order valence-corrected chi connectivity index (χ4v) is 3.26. The van der Waals surface area contributed by atoms with E-state index in [4.69, 9.17) is 10.5 Å². The Labute approximate surface area is 146 Å². The molecule has 128 valence electrons. The van der Waals surface area contributed by atoms with Gasteiger partial charge in [0.15, 0.2) is 0 Å². The first-order valence-corrected chi connectivity index (χ1v) is 8.31. The summed E-state index contributed by atoms with van der Waals surface area (Å²) in [6, 6.07) is 14.2. The van der Waals surface area contributed by atoms with Gasteiger partial charge >= 0.3 is 0 Å². The summed E-state index contributed by atoms with van der Waals surface area (Å²) in [6.07, 6.45) is 0. The van der Waals surface area contributed by atoms with Crippen molar-refractivity contribution in [3.8, 4) is 11.8 Å². The standard InChI is InChI=1S/C20H20FN3O/c1-3-24(4-2)15-8-9-16-18(11-15)25-20(23)17(12-22)19(16)13-6-5-7-14(21)10-13/h5-11,19H,3-4,23H2,1-2H3/t19-/m0/s1. The van der Waals surface area contributed by atoms with Crippen molar-refractivity contribution in [2.45, 2.75) is 19.8 Å². The van der Waals surface area contributed by atoms with Crippen LogP contribution in [0.4, 0.5) is 10.1 Å². The molecule has 0 spiro atoms. The van der Waals surface area contributed by atoms with E-state index in [1.165, 1.54) is 12.1 Å². The Morgan fingerprint density at radius 2 is 1.96 bits per heavy atom. The number of hydrogen-bond acceptors (Lipinski definition) is 4. The topological polar surface area (TPSA) is 62.3 Å².